The summed E-state index contributed by atoms with van der Waals surface area (Å²) < 4.78 is 9.44. The lowest BCUT2D eigenvalue weighted by molar-refractivity contribution is -0.113. The predicted octanol–water partition coefficient (Wildman–Crippen LogP) is 1.60. The largest absolute Gasteiger partial charge is 0.491 e. The Bertz CT molecular complexity index is 1450. The first-order valence-electron chi connectivity index (χ1n) is 10.8. The van der Waals surface area contributed by atoms with Crippen LogP contribution in [0, 0.1) is 0 Å². The molecule has 182 valence electrons. The van der Waals surface area contributed by atoms with Crippen LogP contribution in [0.15, 0.2) is 75.4 Å². The molecule has 35 heavy (non-hydrogen) atoms. The Morgan fingerprint density at radius 3 is 2.40 bits per heavy atom. The molecular formula is C24H25N5O5S. The molecule has 0 spiro atoms. The first kappa shape index (κ1) is 24.3. The summed E-state index contributed by atoms with van der Waals surface area (Å²) in [5.41, 5.74) is -0.0400. The minimum absolute atomic E-state index is 0.0145. The number of fused-ring (bicyclic) bond motifs is 1. The molecule has 4 rings (SSSR count). The number of thioether (sulfide) groups is 1. The number of para-hydroxylation sites is 2. The van der Waals surface area contributed by atoms with E-state index in [0.717, 1.165) is 16.3 Å². The van der Waals surface area contributed by atoms with Crippen molar-refractivity contribution in [2.75, 3.05) is 17.7 Å². The Balaban J connectivity index is 1.60. The van der Waals surface area contributed by atoms with Crippen LogP contribution in [0.2, 0.25) is 0 Å². The number of amides is 1. The maximum absolute atomic E-state index is 13.0. The van der Waals surface area contributed by atoms with Gasteiger partial charge in [-0.2, -0.15) is 0 Å². The highest BCUT2D eigenvalue weighted by Gasteiger charge is 2.22. The van der Waals surface area contributed by atoms with Gasteiger partial charge in [0.15, 0.2) is 16.3 Å². The molecular weight excluding hydrogens is 470 g/mol. The van der Waals surface area contributed by atoms with E-state index in [0.29, 0.717) is 16.6 Å². The highest BCUT2D eigenvalue weighted by atomic mass is 32.2. The van der Waals surface area contributed by atoms with E-state index in [1.165, 1.54) is 23.2 Å². The minimum atomic E-state index is -0.980. The van der Waals surface area contributed by atoms with Crippen molar-refractivity contribution in [1.29, 1.82) is 0 Å². The number of carbonyl (C=O) groups is 1. The van der Waals surface area contributed by atoms with Crippen LogP contribution in [0.3, 0.4) is 0 Å². The van der Waals surface area contributed by atoms with Crippen LogP contribution in [0.1, 0.15) is 0 Å². The van der Waals surface area contributed by atoms with Crippen LogP contribution in [-0.4, -0.2) is 48.2 Å². The summed E-state index contributed by atoms with van der Waals surface area (Å²) in [6.07, 6.45) is -0.980. The second-order valence-corrected chi connectivity index (χ2v) is 8.81. The van der Waals surface area contributed by atoms with Gasteiger partial charge in [-0.3, -0.25) is 18.7 Å². The number of imidazole rings is 1. The smallest absolute Gasteiger partial charge is 0.332 e. The normalized spacial score (nSPS) is 12.0. The Morgan fingerprint density at radius 1 is 1.06 bits per heavy atom. The minimum Gasteiger partial charge on any atom is -0.491 e. The van der Waals surface area contributed by atoms with Gasteiger partial charge in [0.05, 0.1) is 12.3 Å². The van der Waals surface area contributed by atoms with E-state index in [1.807, 2.05) is 36.4 Å². The van der Waals surface area contributed by atoms with Crippen molar-refractivity contribution in [1.82, 2.24) is 18.7 Å². The Hall–Kier alpha value is -3.83. The maximum atomic E-state index is 13.0. The van der Waals surface area contributed by atoms with Crippen LogP contribution >= 0.6 is 11.8 Å². The number of hydrogen-bond donors (Lipinski definition) is 2. The van der Waals surface area contributed by atoms with Crippen molar-refractivity contribution >= 4 is 34.5 Å². The zero-order chi connectivity index (χ0) is 24.9. The predicted molar refractivity (Wildman–Crippen MR) is 134 cm³/mol. The summed E-state index contributed by atoms with van der Waals surface area (Å²) in [5, 5.41) is 13.8. The molecule has 1 atom stereocenters. The molecule has 1 amide bonds. The number of aryl methyl sites for hydroxylation is 1. The number of aromatic nitrogens is 4. The fourth-order valence-corrected chi connectivity index (χ4v) is 4.33. The third kappa shape index (κ3) is 5.47. The van der Waals surface area contributed by atoms with Crippen molar-refractivity contribution in [2.45, 2.75) is 17.8 Å². The van der Waals surface area contributed by atoms with Gasteiger partial charge in [-0.05, 0) is 24.3 Å². The summed E-state index contributed by atoms with van der Waals surface area (Å²) in [6, 6.07) is 18.1. The topological polar surface area (TPSA) is 120 Å². The molecule has 2 N–H and O–H groups in total. The van der Waals surface area contributed by atoms with Gasteiger partial charge in [-0.15, -0.1) is 0 Å². The molecule has 0 saturated carbocycles. The van der Waals surface area contributed by atoms with E-state index >= 15 is 0 Å². The van der Waals surface area contributed by atoms with Gasteiger partial charge in [0.1, 0.15) is 18.5 Å². The highest BCUT2D eigenvalue weighted by Crippen LogP contribution is 2.23. The van der Waals surface area contributed by atoms with E-state index in [-0.39, 0.29) is 36.0 Å². The first-order chi connectivity index (χ1) is 16.8. The lowest BCUT2D eigenvalue weighted by Gasteiger charge is -2.15. The average molecular weight is 496 g/mol. The number of benzene rings is 2. The van der Waals surface area contributed by atoms with Crippen molar-refractivity contribution in [3.8, 4) is 5.75 Å². The number of aliphatic hydroxyl groups is 1. The first-order valence-corrected chi connectivity index (χ1v) is 11.8. The van der Waals surface area contributed by atoms with Crippen molar-refractivity contribution < 1.29 is 14.6 Å². The number of nitrogens with one attached hydrogen (secondary N) is 1. The fourth-order valence-electron chi connectivity index (χ4n) is 3.53. The molecule has 2 aromatic heterocycles. The quantitative estimate of drug-likeness (QED) is 0.339. The molecule has 0 radical (unpaired) electrons. The van der Waals surface area contributed by atoms with Crippen LogP contribution in [-0.2, 0) is 25.4 Å². The SMILES string of the molecule is Cn1c(=O)c2c(nc(SCC(=O)Nc3ccccc3)n2C[C@@H](O)COc2ccccc2)n(C)c1=O. The Kier molecular flexibility index (Phi) is 7.37. The number of anilines is 1. The molecule has 4 aromatic rings. The van der Waals surface area contributed by atoms with Crippen molar-refractivity contribution in [2.24, 2.45) is 14.1 Å². The summed E-state index contributed by atoms with van der Waals surface area (Å²) in [5.74, 6) is 0.366. The third-order valence-electron chi connectivity index (χ3n) is 5.28. The van der Waals surface area contributed by atoms with Gasteiger partial charge < -0.3 is 19.7 Å². The monoisotopic (exact) mass is 495 g/mol. The van der Waals surface area contributed by atoms with Gasteiger partial charge in [-0.25, -0.2) is 9.78 Å². The maximum Gasteiger partial charge on any atom is 0.332 e. The van der Waals surface area contributed by atoms with Crippen LogP contribution < -0.4 is 21.3 Å². The highest BCUT2D eigenvalue weighted by molar-refractivity contribution is 7.99. The van der Waals surface area contributed by atoms with E-state index in [4.69, 9.17) is 4.74 Å². The zero-order valence-electron chi connectivity index (χ0n) is 19.2. The number of ether oxygens (including phenoxy) is 1. The number of rotatable bonds is 9. The number of hydrogen-bond acceptors (Lipinski definition) is 7. The van der Waals surface area contributed by atoms with E-state index in [9.17, 15) is 19.5 Å². The fraction of sp³-hybridized carbons (Fsp3) is 0.250. The molecule has 0 fully saturated rings. The van der Waals surface area contributed by atoms with Crippen LogP contribution in [0.4, 0.5) is 5.69 Å². The van der Waals surface area contributed by atoms with Crippen molar-refractivity contribution in [3.63, 3.8) is 0 Å². The summed E-state index contributed by atoms with van der Waals surface area (Å²) >= 11 is 1.11. The summed E-state index contributed by atoms with van der Waals surface area (Å²) in [4.78, 5) is 42.3. The third-order valence-corrected chi connectivity index (χ3v) is 6.26. The number of nitrogens with zero attached hydrogens (tertiary/aromatic N) is 4. The molecule has 11 heteroatoms. The molecule has 0 unspecified atom stereocenters. The number of carbonyl (C=O) groups excluding carboxylic acids is 1. The van der Waals surface area contributed by atoms with E-state index < -0.39 is 17.4 Å². The lowest BCUT2D eigenvalue weighted by Crippen LogP contribution is -2.38. The number of aliphatic hydroxyl groups excluding tert-OH is 1. The summed E-state index contributed by atoms with van der Waals surface area (Å²) in [6.45, 7) is -0.0339. The molecule has 0 aliphatic carbocycles. The van der Waals surface area contributed by atoms with Crippen LogP contribution in [0.25, 0.3) is 11.2 Å². The lowest BCUT2D eigenvalue weighted by atomic mass is 10.3. The van der Waals surface area contributed by atoms with Gasteiger partial charge in [0.25, 0.3) is 5.56 Å². The van der Waals surface area contributed by atoms with Gasteiger partial charge in [-0.1, -0.05) is 48.2 Å². The van der Waals surface area contributed by atoms with E-state index in [1.54, 1.807) is 24.3 Å². The second-order valence-electron chi connectivity index (χ2n) is 7.86. The Morgan fingerprint density at radius 2 is 1.71 bits per heavy atom. The van der Waals surface area contributed by atoms with Crippen LogP contribution in [0.5, 0.6) is 5.75 Å². The van der Waals surface area contributed by atoms with Gasteiger partial charge in [0, 0.05) is 19.8 Å². The van der Waals surface area contributed by atoms with Gasteiger partial charge >= 0.3 is 5.69 Å². The molecule has 10 nitrogen and oxygen atoms in total. The summed E-state index contributed by atoms with van der Waals surface area (Å²) in [7, 11) is 2.91. The Labute approximate surface area is 204 Å². The second kappa shape index (κ2) is 10.6. The molecule has 0 saturated heterocycles. The molecule has 0 bridgehead atoms. The van der Waals surface area contributed by atoms with E-state index in [2.05, 4.69) is 10.3 Å². The molecule has 2 aromatic carbocycles. The molecule has 0 aliphatic heterocycles. The van der Waals surface area contributed by atoms with Gasteiger partial charge in [0.2, 0.25) is 5.91 Å². The standard InChI is InChI=1S/C24H25N5O5S/c1-27-21-20(22(32)28(2)24(27)33)29(13-17(30)14-34-18-11-7-4-8-12-18)23(26-21)35-15-19(31)25-16-9-5-3-6-10-16/h3-12,17,30H,13-15H2,1-2H3,(H,25,31)/t17-/m1/s1. The van der Waals surface area contributed by atoms with Crippen molar-refractivity contribution in [3.05, 3.63) is 81.5 Å². The average Bonchev–Trinajstić information content (AvgIpc) is 3.23. The zero-order valence-corrected chi connectivity index (χ0v) is 20.1. The molecule has 0 aliphatic rings. The molecule has 2 heterocycles.